The van der Waals surface area contributed by atoms with Crippen LogP contribution in [0, 0.1) is 5.92 Å². The van der Waals surface area contributed by atoms with Gasteiger partial charge < -0.3 is 4.74 Å². The van der Waals surface area contributed by atoms with E-state index in [4.69, 9.17) is 16.3 Å². The van der Waals surface area contributed by atoms with Crippen LogP contribution >= 0.6 is 11.6 Å². The molecule has 0 atom stereocenters. The summed E-state index contributed by atoms with van der Waals surface area (Å²) >= 11 is 6.08. The Labute approximate surface area is 113 Å². The average molecular weight is 261 g/mol. The highest BCUT2D eigenvalue weighted by atomic mass is 35.5. The van der Waals surface area contributed by atoms with Crippen molar-refractivity contribution < 1.29 is 4.74 Å². The van der Waals surface area contributed by atoms with Crippen LogP contribution in [0.15, 0.2) is 36.4 Å². The van der Waals surface area contributed by atoms with Crippen LogP contribution in [-0.4, -0.2) is 6.61 Å². The number of hydrogen-bond acceptors (Lipinski definition) is 1. The number of alkyl halides is 1. The summed E-state index contributed by atoms with van der Waals surface area (Å²) in [7, 11) is 0. The summed E-state index contributed by atoms with van der Waals surface area (Å²) in [5, 5.41) is 2.43. The Balaban J connectivity index is 1.85. The van der Waals surface area contributed by atoms with Crippen LogP contribution in [0.1, 0.15) is 24.8 Å². The molecule has 0 spiro atoms. The third kappa shape index (κ3) is 2.46. The molecule has 2 heteroatoms. The van der Waals surface area contributed by atoms with Crippen molar-refractivity contribution in [1.82, 2.24) is 0 Å². The molecule has 1 fully saturated rings. The van der Waals surface area contributed by atoms with E-state index in [1.165, 1.54) is 30.0 Å². The average Bonchev–Trinajstić information content (AvgIpc) is 3.22. The second-order valence-corrected chi connectivity index (χ2v) is 5.24. The molecule has 1 saturated carbocycles. The molecule has 1 aliphatic carbocycles. The van der Waals surface area contributed by atoms with Gasteiger partial charge >= 0.3 is 0 Å². The van der Waals surface area contributed by atoms with Gasteiger partial charge in [0, 0.05) is 5.56 Å². The van der Waals surface area contributed by atoms with Crippen molar-refractivity contribution in [3.63, 3.8) is 0 Å². The first-order chi connectivity index (χ1) is 8.88. The number of rotatable bonds is 5. The van der Waals surface area contributed by atoms with Gasteiger partial charge in [-0.25, -0.2) is 0 Å². The van der Waals surface area contributed by atoms with Crippen molar-refractivity contribution in [3.05, 3.63) is 42.0 Å². The van der Waals surface area contributed by atoms with E-state index in [1.807, 2.05) is 18.2 Å². The molecule has 2 aromatic rings. The summed E-state index contributed by atoms with van der Waals surface area (Å²) in [6.45, 7) is 0.812. The molecule has 0 aliphatic heterocycles. The molecule has 1 aliphatic rings. The molecule has 1 nitrogen and oxygen atoms in total. The smallest absolute Gasteiger partial charge is 0.124 e. The third-order valence-corrected chi connectivity index (χ3v) is 3.88. The zero-order chi connectivity index (χ0) is 12.4. The first-order valence-electron chi connectivity index (χ1n) is 6.58. The van der Waals surface area contributed by atoms with E-state index in [2.05, 4.69) is 18.2 Å². The Morgan fingerprint density at radius 2 is 1.94 bits per heavy atom. The minimum absolute atomic E-state index is 0.500. The first kappa shape index (κ1) is 11.9. The Hall–Kier alpha value is -1.21. The van der Waals surface area contributed by atoms with Crippen LogP contribution in [0.2, 0.25) is 0 Å². The van der Waals surface area contributed by atoms with Gasteiger partial charge in [0.05, 0.1) is 12.5 Å². The van der Waals surface area contributed by atoms with Crippen LogP contribution in [0.3, 0.4) is 0 Å². The molecule has 0 bridgehead atoms. The Morgan fingerprint density at radius 1 is 1.11 bits per heavy atom. The van der Waals surface area contributed by atoms with Crippen molar-refractivity contribution in [1.29, 1.82) is 0 Å². The molecule has 0 heterocycles. The monoisotopic (exact) mass is 260 g/mol. The lowest BCUT2D eigenvalue weighted by atomic mass is 10.0. The topological polar surface area (TPSA) is 9.23 Å². The van der Waals surface area contributed by atoms with Crippen molar-refractivity contribution in [2.24, 2.45) is 5.92 Å². The summed E-state index contributed by atoms with van der Waals surface area (Å²) in [6.07, 6.45) is 3.93. The molecule has 0 aromatic heterocycles. The van der Waals surface area contributed by atoms with E-state index in [-0.39, 0.29) is 0 Å². The van der Waals surface area contributed by atoms with Gasteiger partial charge in [-0.3, -0.25) is 0 Å². The molecule has 2 aromatic carbocycles. The normalized spacial score (nSPS) is 14.9. The highest BCUT2D eigenvalue weighted by Crippen LogP contribution is 2.33. The summed E-state index contributed by atoms with van der Waals surface area (Å²) in [6, 6.07) is 12.5. The van der Waals surface area contributed by atoms with Gasteiger partial charge in [0.1, 0.15) is 5.75 Å². The molecule has 0 N–H and O–H groups in total. The van der Waals surface area contributed by atoms with Crippen LogP contribution in [0.5, 0.6) is 5.75 Å². The number of ether oxygens (including phenoxy) is 1. The van der Waals surface area contributed by atoms with Crippen LogP contribution < -0.4 is 4.74 Å². The van der Waals surface area contributed by atoms with Crippen molar-refractivity contribution in [2.45, 2.75) is 25.1 Å². The lowest BCUT2D eigenvalue weighted by Gasteiger charge is -2.12. The fourth-order valence-electron chi connectivity index (χ4n) is 2.33. The minimum atomic E-state index is 0.500. The lowest BCUT2D eigenvalue weighted by Crippen LogP contribution is -2.00. The molecular weight excluding hydrogens is 244 g/mol. The van der Waals surface area contributed by atoms with Gasteiger partial charge in [-0.15, -0.1) is 11.6 Å². The van der Waals surface area contributed by atoms with E-state index in [9.17, 15) is 0 Å². The third-order valence-electron chi connectivity index (χ3n) is 3.61. The van der Waals surface area contributed by atoms with Gasteiger partial charge in [-0.05, 0) is 29.2 Å². The van der Waals surface area contributed by atoms with E-state index >= 15 is 0 Å². The Bertz CT molecular complexity index is 546. The quantitative estimate of drug-likeness (QED) is 0.705. The maximum atomic E-state index is 6.08. The zero-order valence-corrected chi connectivity index (χ0v) is 11.1. The molecule has 94 valence electrons. The van der Waals surface area contributed by atoms with Crippen LogP contribution in [0.4, 0.5) is 0 Å². The standard InChI is InChI=1S/C16H17ClO/c17-11-15-14-4-2-1-3-13(14)7-8-16(15)18-10-9-12-5-6-12/h1-4,7-8,12H,5-6,9-11H2. The Kier molecular flexibility index (Phi) is 3.42. The predicted octanol–water partition coefficient (Wildman–Crippen LogP) is 4.76. The van der Waals surface area contributed by atoms with Crippen molar-refractivity contribution in [3.8, 4) is 5.75 Å². The molecule has 0 unspecified atom stereocenters. The highest BCUT2D eigenvalue weighted by molar-refractivity contribution is 6.18. The van der Waals surface area contributed by atoms with E-state index in [0.717, 1.165) is 23.8 Å². The number of hydrogen-bond donors (Lipinski definition) is 0. The summed E-state index contributed by atoms with van der Waals surface area (Å²) in [5.41, 5.74) is 1.12. The van der Waals surface area contributed by atoms with Gasteiger partial charge in [-0.1, -0.05) is 43.2 Å². The van der Waals surface area contributed by atoms with E-state index in [1.54, 1.807) is 0 Å². The number of fused-ring (bicyclic) bond motifs is 1. The number of halogens is 1. The van der Waals surface area contributed by atoms with Crippen LogP contribution in [-0.2, 0) is 5.88 Å². The molecular formula is C16H17ClO. The largest absolute Gasteiger partial charge is 0.493 e. The maximum Gasteiger partial charge on any atom is 0.124 e. The fourth-order valence-corrected chi connectivity index (χ4v) is 2.61. The Morgan fingerprint density at radius 3 is 2.72 bits per heavy atom. The van der Waals surface area contributed by atoms with Gasteiger partial charge in [0.25, 0.3) is 0 Å². The highest BCUT2D eigenvalue weighted by Gasteiger charge is 2.21. The van der Waals surface area contributed by atoms with Crippen molar-refractivity contribution >= 4 is 22.4 Å². The van der Waals surface area contributed by atoms with Crippen LogP contribution in [0.25, 0.3) is 10.8 Å². The summed E-state index contributed by atoms with van der Waals surface area (Å²) < 4.78 is 5.90. The zero-order valence-electron chi connectivity index (χ0n) is 10.4. The second-order valence-electron chi connectivity index (χ2n) is 4.98. The maximum absolute atomic E-state index is 6.08. The number of benzene rings is 2. The molecule has 0 radical (unpaired) electrons. The first-order valence-corrected chi connectivity index (χ1v) is 7.11. The predicted molar refractivity (Wildman–Crippen MR) is 76.3 cm³/mol. The molecule has 0 saturated heterocycles. The minimum Gasteiger partial charge on any atom is -0.493 e. The van der Waals surface area contributed by atoms with Gasteiger partial charge in [-0.2, -0.15) is 0 Å². The summed E-state index contributed by atoms with van der Waals surface area (Å²) in [4.78, 5) is 0. The van der Waals surface area contributed by atoms with E-state index < -0.39 is 0 Å². The molecule has 0 amide bonds. The second kappa shape index (κ2) is 5.19. The fraction of sp³-hybridized carbons (Fsp3) is 0.375. The van der Waals surface area contributed by atoms with Gasteiger partial charge in [0.2, 0.25) is 0 Å². The lowest BCUT2D eigenvalue weighted by molar-refractivity contribution is 0.301. The summed E-state index contributed by atoms with van der Waals surface area (Å²) in [5.74, 6) is 2.36. The molecule has 3 rings (SSSR count). The van der Waals surface area contributed by atoms with Gasteiger partial charge in [0.15, 0.2) is 0 Å². The SMILES string of the molecule is ClCc1c(OCCC2CC2)ccc2ccccc12. The van der Waals surface area contributed by atoms with Crippen molar-refractivity contribution in [2.75, 3.05) is 6.61 Å². The molecule has 18 heavy (non-hydrogen) atoms. The van der Waals surface area contributed by atoms with E-state index in [0.29, 0.717) is 5.88 Å².